The minimum absolute atomic E-state index is 0.0374. The average molecular weight is 344 g/mol. The predicted octanol–water partition coefficient (Wildman–Crippen LogP) is 3.19. The molecule has 5 heteroatoms. The summed E-state index contributed by atoms with van der Waals surface area (Å²) in [6, 6.07) is 1.75. The van der Waals surface area contributed by atoms with E-state index in [1.807, 2.05) is 13.8 Å². The summed E-state index contributed by atoms with van der Waals surface area (Å²) in [6.07, 6.45) is 2.70. The Morgan fingerprint density at radius 3 is 2.52 bits per heavy atom. The Labute approximate surface area is 146 Å². The minimum atomic E-state index is -0.966. The molecule has 5 nitrogen and oxygen atoms in total. The first kappa shape index (κ1) is 16.6. The van der Waals surface area contributed by atoms with Crippen molar-refractivity contribution in [3.8, 4) is 0 Å². The van der Waals surface area contributed by atoms with E-state index in [0.717, 1.165) is 12.8 Å². The highest BCUT2D eigenvalue weighted by Gasteiger charge is 2.65. The SMILES string of the molecule is CC(C)c1cc2c(c(=O)oc1=O)[C@@]13CCCC(C)(C)[C@@H]1C[C@H]2OC3=O. The third-order valence-corrected chi connectivity index (χ3v) is 6.63. The third kappa shape index (κ3) is 2.04. The van der Waals surface area contributed by atoms with Crippen molar-refractivity contribution in [1.29, 1.82) is 0 Å². The molecule has 2 aliphatic heterocycles. The van der Waals surface area contributed by atoms with Crippen LogP contribution in [0.4, 0.5) is 0 Å². The van der Waals surface area contributed by atoms with Gasteiger partial charge < -0.3 is 9.15 Å². The fraction of sp³-hybridized carbons (Fsp3) is 0.650. The molecule has 1 aromatic heterocycles. The van der Waals surface area contributed by atoms with Crippen LogP contribution in [-0.2, 0) is 14.9 Å². The lowest BCUT2D eigenvalue weighted by Gasteiger charge is -2.57. The molecule has 2 aliphatic carbocycles. The van der Waals surface area contributed by atoms with Crippen LogP contribution in [-0.4, -0.2) is 5.97 Å². The summed E-state index contributed by atoms with van der Waals surface area (Å²) in [5, 5.41) is 0. The Kier molecular flexibility index (Phi) is 3.35. The van der Waals surface area contributed by atoms with Gasteiger partial charge in [-0.1, -0.05) is 34.1 Å². The Hall–Kier alpha value is -1.91. The van der Waals surface area contributed by atoms with Crippen LogP contribution in [0.2, 0.25) is 0 Å². The quantitative estimate of drug-likeness (QED) is 0.732. The monoisotopic (exact) mass is 344 g/mol. The molecule has 0 aromatic carbocycles. The van der Waals surface area contributed by atoms with Crippen LogP contribution in [0.3, 0.4) is 0 Å². The summed E-state index contributed by atoms with van der Waals surface area (Å²) in [4.78, 5) is 38.2. The molecule has 134 valence electrons. The molecular weight excluding hydrogens is 320 g/mol. The van der Waals surface area contributed by atoms with E-state index in [4.69, 9.17) is 9.15 Å². The first-order valence-electron chi connectivity index (χ1n) is 9.12. The molecule has 25 heavy (non-hydrogen) atoms. The van der Waals surface area contributed by atoms with Gasteiger partial charge in [0.15, 0.2) is 0 Å². The van der Waals surface area contributed by atoms with E-state index < -0.39 is 22.8 Å². The molecule has 1 saturated carbocycles. The minimum Gasteiger partial charge on any atom is -0.457 e. The van der Waals surface area contributed by atoms with Gasteiger partial charge in [0.1, 0.15) is 11.5 Å². The zero-order chi connectivity index (χ0) is 18.1. The van der Waals surface area contributed by atoms with Gasteiger partial charge in [0.25, 0.3) is 0 Å². The normalized spacial score (nSPS) is 32.1. The van der Waals surface area contributed by atoms with Crippen molar-refractivity contribution in [3.05, 3.63) is 43.6 Å². The van der Waals surface area contributed by atoms with Crippen LogP contribution in [0.5, 0.6) is 0 Å². The van der Waals surface area contributed by atoms with Gasteiger partial charge in [0.05, 0.1) is 5.56 Å². The maximum absolute atomic E-state index is 12.9. The molecule has 3 atom stereocenters. The van der Waals surface area contributed by atoms with E-state index in [-0.39, 0.29) is 23.2 Å². The smallest absolute Gasteiger partial charge is 0.343 e. The molecule has 0 N–H and O–H groups in total. The van der Waals surface area contributed by atoms with Crippen LogP contribution in [0.1, 0.15) is 82.1 Å². The fourth-order valence-electron chi connectivity index (χ4n) is 5.40. The van der Waals surface area contributed by atoms with Crippen molar-refractivity contribution in [1.82, 2.24) is 0 Å². The van der Waals surface area contributed by atoms with Gasteiger partial charge >= 0.3 is 17.2 Å². The third-order valence-electron chi connectivity index (χ3n) is 6.63. The van der Waals surface area contributed by atoms with Crippen LogP contribution >= 0.6 is 0 Å². The second-order valence-electron chi connectivity index (χ2n) is 8.76. The van der Waals surface area contributed by atoms with E-state index in [1.165, 1.54) is 0 Å². The van der Waals surface area contributed by atoms with Crippen LogP contribution < -0.4 is 11.3 Å². The van der Waals surface area contributed by atoms with Gasteiger partial charge in [0.2, 0.25) is 0 Å². The van der Waals surface area contributed by atoms with E-state index in [1.54, 1.807) is 6.07 Å². The van der Waals surface area contributed by atoms with E-state index in [2.05, 4.69) is 13.8 Å². The predicted molar refractivity (Wildman–Crippen MR) is 91.6 cm³/mol. The van der Waals surface area contributed by atoms with Gasteiger partial charge in [-0.2, -0.15) is 0 Å². The summed E-state index contributed by atoms with van der Waals surface area (Å²) in [5.74, 6) is -0.346. The molecule has 1 spiro atoms. The Balaban J connectivity index is 2.09. The van der Waals surface area contributed by atoms with Gasteiger partial charge in [0, 0.05) is 11.1 Å². The zero-order valence-corrected chi connectivity index (χ0v) is 15.2. The zero-order valence-electron chi connectivity index (χ0n) is 15.2. The molecule has 3 heterocycles. The number of hydrogen-bond donors (Lipinski definition) is 0. The van der Waals surface area contributed by atoms with Crippen LogP contribution in [0, 0.1) is 11.3 Å². The van der Waals surface area contributed by atoms with Crippen LogP contribution in [0.15, 0.2) is 20.1 Å². The molecule has 0 radical (unpaired) electrons. The Morgan fingerprint density at radius 1 is 1.12 bits per heavy atom. The Morgan fingerprint density at radius 2 is 1.84 bits per heavy atom. The highest BCUT2D eigenvalue weighted by Crippen LogP contribution is 2.62. The molecule has 4 aliphatic rings. The average Bonchev–Trinajstić information content (AvgIpc) is 2.64. The standard InChI is InChI=1S/C20H24O5/c1-10(2)11-8-12-13-9-14-19(3,4)6-5-7-20(14,18(23)24-13)15(12)17(22)25-16(11)21/h8,10,13-14H,5-7,9H2,1-4H3/t13-,14+,20-/m1/s1. The van der Waals surface area contributed by atoms with Crippen molar-refractivity contribution in [2.24, 2.45) is 11.3 Å². The first-order chi connectivity index (χ1) is 11.7. The first-order valence-corrected chi connectivity index (χ1v) is 9.12. The summed E-state index contributed by atoms with van der Waals surface area (Å²) in [6.45, 7) is 8.10. The van der Waals surface area contributed by atoms with Gasteiger partial charge in [-0.3, -0.25) is 4.79 Å². The largest absolute Gasteiger partial charge is 0.457 e. The molecule has 1 saturated heterocycles. The summed E-state index contributed by atoms with van der Waals surface area (Å²) in [5.41, 5.74) is -0.748. The molecule has 2 bridgehead atoms. The molecule has 2 fully saturated rings. The second kappa shape index (κ2) is 5.05. The lowest BCUT2D eigenvalue weighted by atomic mass is 9.48. The van der Waals surface area contributed by atoms with Crippen molar-refractivity contribution in [3.63, 3.8) is 0 Å². The number of rotatable bonds is 1. The maximum Gasteiger partial charge on any atom is 0.343 e. The van der Waals surface area contributed by atoms with Gasteiger partial charge in [-0.15, -0.1) is 0 Å². The lowest BCUT2D eigenvalue weighted by molar-refractivity contribution is -0.185. The van der Waals surface area contributed by atoms with E-state index >= 15 is 0 Å². The maximum atomic E-state index is 12.9. The van der Waals surface area contributed by atoms with Crippen LogP contribution in [0.25, 0.3) is 0 Å². The topological polar surface area (TPSA) is 73.6 Å². The van der Waals surface area contributed by atoms with E-state index in [0.29, 0.717) is 29.5 Å². The lowest BCUT2D eigenvalue weighted by Crippen LogP contribution is -2.61. The molecule has 1 aromatic rings. The molecule has 5 rings (SSSR count). The van der Waals surface area contributed by atoms with Crippen molar-refractivity contribution >= 4 is 5.97 Å². The van der Waals surface area contributed by atoms with Gasteiger partial charge in [-0.25, -0.2) is 9.59 Å². The fourth-order valence-corrected chi connectivity index (χ4v) is 5.40. The summed E-state index contributed by atoms with van der Waals surface area (Å²) in [7, 11) is 0. The van der Waals surface area contributed by atoms with Gasteiger partial charge in [-0.05, 0) is 42.6 Å². The highest BCUT2D eigenvalue weighted by molar-refractivity contribution is 5.87. The number of esters is 1. The number of carbonyl (C=O) groups is 1. The number of hydrogen-bond acceptors (Lipinski definition) is 5. The van der Waals surface area contributed by atoms with Crippen molar-refractivity contribution < 1.29 is 13.9 Å². The molecule has 0 unspecified atom stereocenters. The summed E-state index contributed by atoms with van der Waals surface area (Å²) < 4.78 is 10.9. The molecular formula is C20H24O5. The van der Waals surface area contributed by atoms with Crippen molar-refractivity contribution in [2.45, 2.75) is 70.8 Å². The van der Waals surface area contributed by atoms with E-state index in [9.17, 15) is 14.4 Å². The number of ether oxygens (including phenoxy) is 1. The highest BCUT2D eigenvalue weighted by atomic mass is 16.5. The Bertz CT molecular complexity index is 878. The second-order valence-corrected chi connectivity index (χ2v) is 8.76. The van der Waals surface area contributed by atoms with Crippen molar-refractivity contribution in [2.75, 3.05) is 0 Å². The number of fused-ring (bicyclic) bond motifs is 1. The molecule has 0 amide bonds. The number of carbonyl (C=O) groups excluding carboxylic acids is 1. The summed E-state index contributed by atoms with van der Waals surface area (Å²) >= 11 is 0.